The average molecular weight is 671 g/mol. The maximum Gasteiger partial charge on any atom is 0.338 e. The van der Waals surface area contributed by atoms with Gasteiger partial charge >= 0.3 is 23.9 Å². The first-order valence-electron chi connectivity index (χ1n) is 16.5. The Morgan fingerprint density at radius 3 is 2.08 bits per heavy atom. The number of benzene rings is 1. The van der Waals surface area contributed by atoms with Crippen LogP contribution in [0.4, 0.5) is 0 Å². The molecule has 2 saturated heterocycles. The summed E-state index contributed by atoms with van der Waals surface area (Å²) in [7, 11) is 0. The Hall–Kier alpha value is -3.32. The molecule has 0 aromatic heterocycles. The fourth-order valence-electron chi connectivity index (χ4n) is 9.44. The number of ether oxygens (including phenoxy) is 7. The summed E-state index contributed by atoms with van der Waals surface area (Å²) in [6.07, 6.45) is -5.79. The molecule has 0 amide bonds. The van der Waals surface area contributed by atoms with Gasteiger partial charge in [-0.05, 0) is 44.1 Å². The van der Waals surface area contributed by atoms with Crippen LogP contribution in [0.1, 0.15) is 85.5 Å². The van der Waals surface area contributed by atoms with Gasteiger partial charge in [0.05, 0.1) is 18.1 Å². The Bertz CT molecular complexity index is 1550. The third kappa shape index (κ3) is 5.01. The van der Waals surface area contributed by atoms with Crippen molar-refractivity contribution in [3.63, 3.8) is 0 Å². The molecule has 1 aromatic carbocycles. The smallest absolute Gasteiger partial charge is 0.338 e. The predicted octanol–water partition coefficient (Wildman–Crippen LogP) is 3.81. The van der Waals surface area contributed by atoms with Gasteiger partial charge in [-0.1, -0.05) is 39.0 Å². The third-order valence-electron chi connectivity index (χ3n) is 11.5. The van der Waals surface area contributed by atoms with E-state index in [4.69, 9.17) is 33.2 Å². The zero-order valence-electron chi connectivity index (χ0n) is 29.0. The van der Waals surface area contributed by atoms with Crippen molar-refractivity contribution in [2.75, 3.05) is 6.61 Å². The topological polar surface area (TPSA) is 153 Å². The largest absolute Gasteiger partial charge is 0.462 e. The van der Waals surface area contributed by atoms with E-state index in [-0.39, 0.29) is 25.0 Å². The van der Waals surface area contributed by atoms with E-state index in [0.717, 1.165) is 0 Å². The molecule has 0 radical (unpaired) electrons. The third-order valence-corrected chi connectivity index (χ3v) is 11.5. The first kappa shape index (κ1) is 34.5. The van der Waals surface area contributed by atoms with Gasteiger partial charge in [0.15, 0.2) is 11.4 Å². The molecule has 4 fully saturated rings. The van der Waals surface area contributed by atoms with Crippen molar-refractivity contribution in [3.05, 3.63) is 47.0 Å². The molecule has 3 aliphatic carbocycles. The highest BCUT2D eigenvalue weighted by Crippen LogP contribution is 2.67. The first-order chi connectivity index (χ1) is 22.3. The fourth-order valence-corrected chi connectivity index (χ4v) is 9.44. The fraction of sp³-hybridized carbons (Fsp3) is 0.667. The molecular weight excluding hydrogens is 624 g/mol. The number of aliphatic hydroxyl groups is 1. The van der Waals surface area contributed by atoms with Crippen LogP contribution in [0, 0.1) is 16.7 Å². The summed E-state index contributed by atoms with van der Waals surface area (Å²) >= 11 is 0. The molecule has 2 bridgehead atoms. The van der Waals surface area contributed by atoms with Gasteiger partial charge in [0, 0.05) is 44.4 Å². The zero-order valence-corrected chi connectivity index (χ0v) is 29.0. The Morgan fingerprint density at radius 1 is 0.875 bits per heavy atom. The molecule has 0 spiro atoms. The molecule has 2 aliphatic heterocycles. The lowest BCUT2D eigenvalue weighted by atomic mass is 9.44. The summed E-state index contributed by atoms with van der Waals surface area (Å²) in [5.41, 5.74) is -4.39. The van der Waals surface area contributed by atoms with E-state index in [2.05, 4.69) is 0 Å². The van der Waals surface area contributed by atoms with Gasteiger partial charge in [0.1, 0.15) is 42.2 Å². The Balaban J connectivity index is 1.70. The average Bonchev–Trinajstić information content (AvgIpc) is 3.29. The maximum atomic E-state index is 14.1. The highest BCUT2D eigenvalue weighted by atomic mass is 16.8. The van der Waals surface area contributed by atoms with Crippen LogP contribution in [0.25, 0.3) is 0 Å². The SMILES string of the molecule is CC(=O)O[C@H]1C[C@@]2(O)[C@@H](OC(=O)c3ccccc3)[C@@H]3[C@]4(OC(C)=O)CO[C@@H]4C[C@H](OC(C)=O)[C@@]3(C)[C@@H]3OC(C)(C)O[C@@H]3C(=C1C)C2(C)C. The highest BCUT2D eigenvalue weighted by molar-refractivity contribution is 5.89. The number of fused-ring (bicyclic) bond motifs is 8. The van der Waals surface area contributed by atoms with Crippen LogP contribution in [0.15, 0.2) is 41.5 Å². The molecule has 1 N–H and O–H groups in total. The molecule has 262 valence electrons. The lowest BCUT2D eigenvalue weighted by Crippen LogP contribution is -2.82. The van der Waals surface area contributed by atoms with Crippen LogP contribution >= 0.6 is 0 Å². The van der Waals surface area contributed by atoms with Crippen LogP contribution in [0.3, 0.4) is 0 Å². The summed E-state index contributed by atoms with van der Waals surface area (Å²) in [6, 6.07) is 8.36. The van der Waals surface area contributed by atoms with E-state index in [9.17, 15) is 24.3 Å². The molecule has 10 atom stereocenters. The van der Waals surface area contributed by atoms with Gasteiger partial charge in [0.2, 0.25) is 0 Å². The van der Waals surface area contributed by atoms with Gasteiger partial charge in [0.25, 0.3) is 0 Å². The molecule has 2 heterocycles. The number of esters is 4. The van der Waals surface area contributed by atoms with Crippen molar-refractivity contribution >= 4 is 23.9 Å². The van der Waals surface area contributed by atoms with E-state index in [1.807, 2.05) is 27.7 Å². The second-order valence-electron chi connectivity index (χ2n) is 15.1. The number of hydrogen-bond donors (Lipinski definition) is 1. The van der Waals surface area contributed by atoms with Crippen LogP contribution in [-0.4, -0.2) is 89.2 Å². The molecular formula is C36H46O12. The molecule has 6 rings (SSSR count). The summed E-state index contributed by atoms with van der Waals surface area (Å²) < 4.78 is 44.3. The van der Waals surface area contributed by atoms with Gasteiger partial charge in [-0.3, -0.25) is 14.4 Å². The lowest BCUT2D eigenvalue weighted by Gasteiger charge is -2.69. The summed E-state index contributed by atoms with van der Waals surface area (Å²) in [5.74, 6) is -4.69. The quantitative estimate of drug-likeness (QED) is 0.275. The Kier molecular flexibility index (Phi) is 8.18. The number of carbonyl (C=O) groups is 4. The van der Waals surface area contributed by atoms with E-state index in [0.29, 0.717) is 11.1 Å². The minimum atomic E-state index is -1.97. The normalized spacial score (nSPS) is 40.4. The molecule has 5 aliphatic rings. The molecule has 0 unspecified atom stereocenters. The maximum absolute atomic E-state index is 14.1. The number of carbonyl (C=O) groups excluding carboxylic acids is 4. The molecule has 12 heteroatoms. The minimum absolute atomic E-state index is 0.0725. The van der Waals surface area contributed by atoms with Crippen molar-refractivity contribution in [2.45, 2.75) is 129 Å². The van der Waals surface area contributed by atoms with Crippen LogP contribution in [0.5, 0.6) is 0 Å². The van der Waals surface area contributed by atoms with Crippen molar-refractivity contribution in [1.82, 2.24) is 0 Å². The highest BCUT2D eigenvalue weighted by Gasteiger charge is 2.80. The summed E-state index contributed by atoms with van der Waals surface area (Å²) in [6.45, 7) is 14.7. The van der Waals surface area contributed by atoms with Gasteiger partial charge in [-0.25, -0.2) is 4.79 Å². The monoisotopic (exact) mass is 670 g/mol. The van der Waals surface area contributed by atoms with Crippen LogP contribution < -0.4 is 0 Å². The summed E-state index contributed by atoms with van der Waals surface area (Å²) in [4.78, 5) is 52.3. The van der Waals surface area contributed by atoms with Gasteiger partial charge in [-0.2, -0.15) is 0 Å². The lowest BCUT2D eigenvalue weighted by molar-refractivity contribution is -0.363. The zero-order chi connectivity index (χ0) is 35.2. The van der Waals surface area contributed by atoms with Crippen molar-refractivity contribution in [2.24, 2.45) is 16.7 Å². The second kappa shape index (κ2) is 11.4. The van der Waals surface area contributed by atoms with Gasteiger partial charge in [-0.15, -0.1) is 0 Å². The minimum Gasteiger partial charge on any atom is -0.462 e. The van der Waals surface area contributed by atoms with Crippen LogP contribution in [0.2, 0.25) is 0 Å². The first-order valence-corrected chi connectivity index (χ1v) is 16.5. The molecule has 1 aromatic rings. The van der Waals surface area contributed by atoms with E-state index in [1.54, 1.807) is 44.2 Å². The van der Waals surface area contributed by atoms with Gasteiger partial charge < -0.3 is 38.3 Å². The molecule has 2 saturated carbocycles. The van der Waals surface area contributed by atoms with Crippen molar-refractivity contribution in [3.8, 4) is 0 Å². The Labute approximate surface area is 280 Å². The van der Waals surface area contributed by atoms with Crippen molar-refractivity contribution < 1.29 is 57.4 Å². The van der Waals surface area contributed by atoms with Crippen LogP contribution in [-0.2, 0) is 47.5 Å². The van der Waals surface area contributed by atoms with E-state index in [1.165, 1.54) is 20.8 Å². The molecule has 48 heavy (non-hydrogen) atoms. The number of rotatable bonds is 5. The Morgan fingerprint density at radius 2 is 1.52 bits per heavy atom. The standard InChI is InChI=1S/C36H46O12/c1-18-23(43-19(2)37)16-36(41)30(45-31(40)22-13-11-10-12-14-22)28-34(9,29-27(26(18)32(36,5)6)47-33(7,8)48-29)24(44-20(3)38)15-25-35(28,17-42-25)46-21(4)39/h10-14,23-25,27-30,41H,15-17H2,1-9H3/t23-,24-,25+,27+,28-,29+,30-,34+,35-,36+/m0/s1. The van der Waals surface area contributed by atoms with E-state index >= 15 is 0 Å². The predicted molar refractivity (Wildman–Crippen MR) is 167 cm³/mol. The number of hydrogen-bond acceptors (Lipinski definition) is 12. The second-order valence-corrected chi connectivity index (χ2v) is 15.1. The summed E-state index contributed by atoms with van der Waals surface area (Å²) in [5, 5.41) is 13.5. The van der Waals surface area contributed by atoms with E-state index < -0.39 is 94.2 Å². The molecule has 12 nitrogen and oxygen atoms in total. The van der Waals surface area contributed by atoms with Crippen molar-refractivity contribution in [1.29, 1.82) is 0 Å².